The number of furan rings is 1. The predicted molar refractivity (Wildman–Crippen MR) is 87.7 cm³/mol. The summed E-state index contributed by atoms with van der Waals surface area (Å²) in [6, 6.07) is 1.88. The number of hydrogen-bond acceptors (Lipinski definition) is 6. The van der Waals surface area contributed by atoms with Crippen molar-refractivity contribution in [3.63, 3.8) is 0 Å². The van der Waals surface area contributed by atoms with Gasteiger partial charge in [-0.25, -0.2) is 0 Å². The molecule has 0 bridgehead atoms. The fourth-order valence-electron chi connectivity index (χ4n) is 3.06. The average Bonchev–Trinajstić information content (AvgIpc) is 3.20. The summed E-state index contributed by atoms with van der Waals surface area (Å²) in [7, 11) is 0. The van der Waals surface area contributed by atoms with E-state index in [1.807, 2.05) is 31.7 Å². The molecule has 1 saturated heterocycles. The Balaban J connectivity index is 1.61. The van der Waals surface area contributed by atoms with Gasteiger partial charge in [0.15, 0.2) is 0 Å². The van der Waals surface area contributed by atoms with Crippen LogP contribution in [0.4, 0.5) is 0 Å². The lowest BCUT2D eigenvalue weighted by atomic mass is 10.1. The summed E-state index contributed by atoms with van der Waals surface area (Å²) in [5, 5.41) is 8.15. The van der Waals surface area contributed by atoms with Gasteiger partial charge in [0.2, 0.25) is 11.8 Å². The molecule has 2 aromatic heterocycles. The van der Waals surface area contributed by atoms with Crippen molar-refractivity contribution < 1.29 is 13.6 Å². The molecule has 7 heteroatoms. The summed E-state index contributed by atoms with van der Waals surface area (Å²) in [6.45, 7) is 10.7. The monoisotopic (exact) mass is 332 g/mol. The zero-order valence-corrected chi connectivity index (χ0v) is 14.7. The van der Waals surface area contributed by atoms with Crippen molar-refractivity contribution in [3.8, 4) is 0 Å². The first-order valence-electron chi connectivity index (χ1n) is 8.42. The smallest absolute Gasteiger partial charge is 0.257 e. The third-order valence-corrected chi connectivity index (χ3v) is 4.56. The first kappa shape index (κ1) is 16.7. The van der Waals surface area contributed by atoms with Crippen LogP contribution in [0.1, 0.15) is 53.5 Å². The summed E-state index contributed by atoms with van der Waals surface area (Å²) in [5.74, 6) is 2.81. The number of rotatable bonds is 4. The standard InChI is InChI=1S/C17H24N4O3/c1-5-15-18-19-16(24-15)12(3)20-6-8-21(9-7-20)17(22)14-10-11(2)23-13(14)4/h10,12H,5-9H2,1-4H3/t12-/m0/s1. The second-order valence-electron chi connectivity index (χ2n) is 6.22. The lowest BCUT2D eigenvalue weighted by Gasteiger charge is -2.36. The van der Waals surface area contributed by atoms with Crippen molar-refractivity contribution in [2.75, 3.05) is 26.2 Å². The van der Waals surface area contributed by atoms with Crippen LogP contribution in [0.2, 0.25) is 0 Å². The molecular weight excluding hydrogens is 308 g/mol. The van der Waals surface area contributed by atoms with Crippen LogP contribution in [-0.2, 0) is 6.42 Å². The van der Waals surface area contributed by atoms with Crippen LogP contribution in [0, 0.1) is 13.8 Å². The molecule has 0 aromatic carbocycles. The Labute approximate surface area is 141 Å². The SMILES string of the molecule is CCc1nnc([C@H](C)N2CCN(C(=O)c3cc(C)oc3C)CC2)o1. The van der Waals surface area contributed by atoms with Crippen molar-refractivity contribution in [2.45, 2.75) is 40.2 Å². The number of carbonyl (C=O) groups is 1. The molecule has 24 heavy (non-hydrogen) atoms. The molecule has 0 saturated carbocycles. The Morgan fingerprint density at radius 2 is 1.92 bits per heavy atom. The quantitative estimate of drug-likeness (QED) is 0.855. The third-order valence-electron chi connectivity index (χ3n) is 4.56. The summed E-state index contributed by atoms with van der Waals surface area (Å²) >= 11 is 0. The molecule has 0 unspecified atom stereocenters. The molecule has 1 fully saturated rings. The maximum Gasteiger partial charge on any atom is 0.257 e. The maximum atomic E-state index is 12.6. The minimum absolute atomic E-state index is 0.0442. The van der Waals surface area contributed by atoms with Crippen LogP contribution in [0.15, 0.2) is 14.9 Å². The third kappa shape index (κ3) is 3.21. The Morgan fingerprint density at radius 1 is 1.21 bits per heavy atom. The van der Waals surface area contributed by atoms with E-state index in [4.69, 9.17) is 8.83 Å². The fourth-order valence-corrected chi connectivity index (χ4v) is 3.06. The van der Waals surface area contributed by atoms with Crippen molar-refractivity contribution in [2.24, 2.45) is 0 Å². The van der Waals surface area contributed by atoms with Crippen LogP contribution in [0.25, 0.3) is 0 Å². The molecule has 1 atom stereocenters. The molecule has 2 aromatic rings. The molecular formula is C17H24N4O3. The van der Waals surface area contributed by atoms with E-state index in [1.54, 1.807) is 0 Å². The molecule has 0 radical (unpaired) electrons. The molecule has 1 aliphatic heterocycles. The Kier molecular flexibility index (Phi) is 4.71. The first-order valence-corrected chi connectivity index (χ1v) is 8.42. The van der Waals surface area contributed by atoms with Crippen molar-refractivity contribution in [1.29, 1.82) is 0 Å². The summed E-state index contributed by atoms with van der Waals surface area (Å²) < 4.78 is 11.1. The number of amides is 1. The normalized spacial score (nSPS) is 17.2. The summed E-state index contributed by atoms with van der Waals surface area (Å²) in [5.41, 5.74) is 0.665. The van der Waals surface area contributed by atoms with Gasteiger partial charge in [0.25, 0.3) is 5.91 Å². The van der Waals surface area contributed by atoms with Gasteiger partial charge in [-0.3, -0.25) is 9.69 Å². The van der Waals surface area contributed by atoms with E-state index in [2.05, 4.69) is 22.0 Å². The van der Waals surface area contributed by atoms with E-state index < -0.39 is 0 Å². The van der Waals surface area contributed by atoms with Crippen LogP contribution < -0.4 is 0 Å². The molecule has 0 N–H and O–H groups in total. The van der Waals surface area contributed by atoms with Gasteiger partial charge in [-0.05, 0) is 26.8 Å². The van der Waals surface area contributed by atoms with Gasteiger partial charge in [-0.15, -0.1) is 10.2 Å². The second-order valence-corrected chi connectivity index (χ2v) is 6.22. The average molecular weight is 332 g/mol. The highest BCUT2D eigenvalue weighted by Gasteiger charge is 2.29. The number of aromatic nitrogens is 2. The van der Waals surface area contributed by atoms with Gasteiger partial charge in [0.1, 0.15) is 11.5 Å². The van der Waals surface area contributed by atoms with Crippen LogP contribution >= 0.6 is 0 Å². The van der Waals surface area contributed by atoms with Crippen molar-refractivity contribution >= 4 is 5.91 Å². The Hall–Kier alpha value is -2.15. The molecule has 1 aliphatic rings. The van der Waals surface area contributed by atoms with E-state index >= 15 is 0 Å². The minimum Gasteiger partial charge on any atom is -0.466 e. The minimum atomic E-state index is 0.0442. The first-order chi connectivity index (χ1) is 11.5. The maximum absolute atomic E-state index is 12.6. The van der Waals surface area contributed by atoms with Crippen LogP contribution in [0.3, 0.4) is 0 Å². The molecule has 3 rings (SSSR count). The highest BCUT2D eigenvalue weighted by atomic mass is 16.4. The Bertz CT molecular complexity index is 713. The lowest BCUT2D eigenvalue weighted by Crippen LogP contribution is -2.49. The molecule has 0 aliphatic carbocycles. The number of hydrogen-bond donors (Lipinski definition) is 0. The van der Waals surface area contributed by atoms with Gasteiger partial charge in [0, 0.05) is 32.6 Å². The Morgan fingerprint density at radius 3 is 2.46 bits per heavy atom. The van der Waals surface area contributed by atoms with Gasteiger partial charge < -0.3 is 13.7 Å². The molecule has 0 spiro atoms. The van der Waals surface area contributed by atoms with E-state index in [-0.39, 0.29) is 11.9 Å². The predicted octanol–water partition coefficient (Wildman–Crippen LogP) is 2.36. The molecule has 7 nitrogen and oxygen atoms in total. The largest absolute Gasteiger partial charge is 0.466 e. The van der Waals surface area contributed by atoms with Crippen LogP contribution in [0.5, 0.6) is 0 Å². The van der Waals surface area contributed by atoms with E-state index in [9.17, 15) is 4.79 Å². The van der Waals surface area contributed by atoms with E-state index in [0.717, 1.165) is 25.3 Å². The fraction of sp³-hybridized carbons (Fsp3) is 0.588. The topological polar surface area (TPSA) is 75.6 Å². The van der Waals surface area contributed by atoms with Gasteiger partial charge >= 0.3 is 0 Å². The summed E-state index contributed by atoms with van der Waals surface area (Å²) in [6.07, 6.45) is 0.742. The number of nitrogens with zero attached hydrogens (tertiary/aromatic N) is 4. The zero-order chi connectivity index (χ0) is 17.3. The number of aryl methyl sites for hydroxylation is 3. The molecule has 130 valence electrons. The number of piperazine rings is 1. The van der Waals surface area contributed by atoms with Gasteiger partial charge in [-0.2, -0.15) is 0 Å². The van der Waals surface area contributed by atoms with Crippen LogP contribution in [-0.4, -0.2) is 52.1 Å². The lowest BCUT2D eigenvalue weighted by molar-refractivity contribution is 0.0556. The highest BCUT2D eigenvalue weighted by Crippen LogP contribution is 2.22. The van der Waals surface area contributed by atoms with E-state index in [0.29, 0.717) is 36.2 Å². The molecule has 3 heterocycles. The van der Waals surface area contributed by atoms with Gasteiger partial charge in [0.05, 0.1) is 11.6 Å². The van der Waals surface area contributed by atoms with Gasteiger partial charge in [-0.1, -0.05) is 6.92 Å². The molecule has 1 amide bonds. The van der Waals surface area contributed by atoms with Crippen molar-refractivity contribution in [3.05, 3.63) is 34.9 Å². The number of carbonyl (C=O) groups excluding carboxylic acids is 1. The summed E-state index contributed by atoms with van der Waals surface area (Å²) in [4.78, 5) is 16.8. The zero-order valence-electron chi connectivity index (χ0n) is 14.7. The highest BCUT2D eigenvalue weighted by molar-refractivity contribution is 5.95. The van der Waals surface area contributed by atoms with E-state index in [1.165, 1.54) is 0 Å². The van der Waals surface area contributed by atoms with Crippen molar-refractivity contribution in [1.82, 2.24) is 20.0 Å². The second kappa shape index (κ2) is 6.76.